The van der Waals surface area contributed by atoms with Gasteiger partial charge in [-0.1, -0.05) is 92.8 Å². The van der Waals surface area contributed by atoms with E-state index in [-0.39, 0.29) is 24.0 Å². The largest absolute Gasteiger partial charge is 0.490 e. The van der Waals surface area contributed by atoms with Crippen molar-refractivity contribution in [3.05, 3.63) is 95.1 Å². The van der Waals surface area contributed by atoms with Crippen LogP contribution in [0.25, 0.3) is 16.7 Å². The molecule has 6 N–H and O–H groups in total. The number of unbranched alkanes of at least 4 members (excludes halogenated alkanes) is 1. The number of fused-ring (bicyclic) bond motifs is 3. The highest BCUT2D eigenvalue weighted by atomic mass is 19.4. The van der Waals surface area contributed by atoms with Gasteiger partial charge in [-0.3, -0.25) is 9.59 Å². The van der Waals surface area contributed by atoms with Gasteiger partial charge in [0.25, 0.3) is 0 Å². The second kappa shape index (κ2) is 21.4. The van der Waals surface area contributed by atoms with Crippen LogP contribution in [0.4, 0.5) is 23.7 Å². The first-order chi connectivity index (χ1) is 27.8. The molecule has 1 saturated carbocycles. The van der Waals surface area contributed by atoms with Crippen molar-refractivity contribution in [1.82, 2.24) is 10.6 Å². The van der Waals surface area contributed by atoms with Crippen LogP contribution < -0.4 is 21.7 Å². The SMILES string of the molecule is CC(=C(C#N)C#N)c1cccc(NC(=O)[C@H](CCCCN)NC(=O)[C@H](CC2CCCCC2)NC(=O)OCC2c3ccccc3-c3ccccc32)c1.O=C(O)C(F)(F)F. The highest BCUT2D eigenvalue weighted by molar-refractivity contribution is 5.98. The van der Waals surface area contributed by atoms with E-state index in [1.54, 1.807) is 31.2 Å². The standard InChI is InChI=1S/C41H46N6O4.C2HF3O2/c1-27(30(24-43)25-44)29-14-11-15-31(23-29)45-39(48)37(20-9-10-21-42)46-40(49)38(22-28-12-3-2-4-13-28)47-41(50)51-26-36-34-18-7-5-16-32(34)33-17-6-8-19-35(33)36;3-2(4,5)1(6)7/h5-8,11,14-19,23,28,36-38H,2-4,9-10,12-13,20-22,26,42H2,1H3,(H,45,48)(H,46,49)(H,47,50);(H,6,7)/t37-,38-;/m0./s1. The van der Waals surface area contributed by atoms with Crippen LogP contribution in [0, 0.1) is 28.6 Å². The molecule has 3 aromatic carbocycles. The summed E-state index contributed by atoms with van der Waals surface area (Å²) in [6.45, 7) is 2.25. The fourth-order valence-electron chi connectivity index (χ4n) is 7.20. The second-order valence-corrected chi connectivity index (χ2v) is 14.2. The number of aliphatic carboxylic acids is 1. The lowest BCUT2D eigenvalue weighted by Gasteiger charge is -2.28. The first kappa shape index (κ1) is 44.5. The number of ether oxygens (including phenoxy) is 1. The molecule has 0 radical (unpaired) electrons. The highest BCUT2D eigenvalue weighted by Gasteiger charge is 2.38. The van der Waals surface area contributed by atoms with Gasteiger partial charge < -0.3 is 31.5 Å². The number of nitriles is 2. The van der Waals surface area contributed by atoms with Crippen LogP contribution in [-0.4, -0.2) is 60.4 Å². The topological polar surface area (TPSA) is 207 Å². The summed E-state index contributed by atoms with van der Waals surface area (Å²) in [5, 5.41) is 34.4. The molecule has 2 aliphatic rings. The van der Waals surface area contributed by atoms with Crippen LogP contribution in [0.1, 0.15) is 87.3 Å². The summed E-state index contributed by atoms with van der Waals surface area (Å²) in [5.74, 6) is -3.47. The van der Waals surface area contributed by atoms with Gasteiger partial charge in [0.05, 0.1) is 0 Å². The van der Waals surface area contributed by atoms with Crippen LogP contribution in [-0.2, 0) is 19.1 Å². The Morgan fingerprint density at radius 2 is 1.47 bits per heavy atom. The number of benzene rings is 3. The smallest absolute Gasteiger partial charge is 0.475 e. The van der Waals surface area contributed by atoms with E-state index in [0.29, 0.717) is 49.1 Å². The Bertz CT molecular complexity index is 1990. The quantitative estimate of drug-likeness (QED) is 0.0804. The molecule has 0 bridgehead atoms. The minimum absolute atomic E-state index is 0.0155. The van der Waals surface area contributed by atoms with Gasteiger partial charge in [0.1, 0.15) is 36.4 Å². The summed E-state index contributed by atoms with van der Waals surface area (Å²) in [6.07, 6.45) is 1.57. The number of rotatable bonds is 14. The van der Waals surface area contributed by atoms with Crippen LogP contribution in [0.3, 0.4) is 0 Å². The lowest BCUT2D eigenvalue weighted by atomic mass is 9.84. The number of nitrogens with one attached hydrogen (secondary N) is 3. The molecule has 1 fully saturated rings. The number of allylic oxidation sites excluding steroid dienone is 2. The van der Waals surface area contributed by atoms with Gasteiger partial charge in [-0.15, -0.1) is 0 Å². The van der Waals surface area contributed by atoms with Crippen LogP contribution >= 0.6 is 0 Å². The Labute approximate surface area is 335 Å². The lowest BCUT2D eigenvalue weighted by molar-refractivity contribution is -0.192. The summed E-state index contributed by atoms with van der Waals surface area (Å²) in [6, 6.07) is 25.1. The van der Waals surface area contributed by atoms with Crippen molar-refractivity contribution >= 4 is 35.1 Å². The molecule has 0 spiro atoms. The first-order valence-electron chi connectivity index (χ1n) is 19.1. The molecular formula is C43H47F3N6O6. The maximum atomic E-state index is 14.0. The van der Waals surface area contributed by atoms with E-state index < -0.39 is 42.1 Å². The third-order valence-corrected chi connectivity index (χ3v) is 10.2. The Kier molecular flexibility index (Phi) is 16.4. The predicted octanol–water partition coefficient (Wildman–Crippen LogP) is 7.57. The molecule has 0 aliphatic heterocycles. The Morgan fingerprint density at radius 3 is 2.03 bits per heavy atom. The first-order valence-corrected chi connectivity index (χ1v) is 19.1. The molecule has 0 aromatic heterocycles. The number of anilines is 1. The van der Waals surface area contributed by atoms with Gasteiger partial charge in [0, 0.05) is 11.6 Å². The number of halogens is 3. The summed E-state index contributed by atoms with van der Waals surface area (Å²) >= 11 is 0. The minimum Gasteiger partial charge on any atom is -0.475 e. The third kappa shape index (κ3) is 12.4. The van der Waals surface area contributed by atoms with Crippen molar-refractivity contribution in [1.29, 1.82) is 10.5 Å². The zero-order valence-corrected chi connectivity index (χ0v) is 32.1. The number of hydrogen-bond donors (Lipinski definition) is 5. The zero-order chi connectivity index (χ0) is 42.2. The number of amides is 3. The molecule has 0 saturated heterocycles. The van der Waals surface area contributed by atoms with Gasteiger partial charge in [-0.05, 0) is 90.6 Å². The molecule has 3 aromatic rings. The Balaban J connectivity index is 0.000000973. The van der Waals surface area contributed by atoms with Gasteiger partial charge in [-0.25, -0.2) is 9.59 Å². The highest BCUT2D eigenvalue weighted by Crippen LogP contribution is 2.44. The number of carbonyl (C=O) groups excluding carboxylic acids is 3. The molecule has 0 heterocycles. The van der Waals surface area contributed by atoms with Crippen molar-refractivity contribution in [2.75, 3.05) is 18.5 Å². The molecule has 12 nitrogen and oxygen atoms in total. The molecule has 5 rings (SSSR count). The Hall–Kier alpha value is -6.19. The second-order valence-electron chi connectivity index (χ2n) is 14.2. The number of carboxylic acids is 1. The monoisotopic (exact) mass is 800 g/mol. The average molecular weight is 801 g/mol. The van der Waals surface area contributed by atoms with Gasteiger partial charge in [0.2, 0.25) is 11.8 Å². The van der Waals surface area contributed by atoms with Crippen LogP contribution in [0.15, 0.2) is 78.4 Å². The van der Waals surface area contributed by atoms with E-state index >= 15 is 0 Å². The molecule has 15 heteroatoms. The molecule has 306 valence electrons. The average Bonchev–Trinajstić information content (AvgIpc) is 3.53. The van der Waals surface area contributed by atoms with E-state index in [0.717, 1.165) is 54.4 Å². The molecule has 2 aliphatic carbocycles. The molecular weight excluding hydrogens is 754 g/mol. The summed E-state index contributed by atoms with van der Waals surface area (Å²) in [4.78, 5) is 49.9. The summed E-state index contributed by atoms with van der Waals surface area (Å²) in [5.41, 5.74) is 11.8. The van der Waals surface area contributed by atoms with E-state index in [2.05, 4.69) is 40.2 Å². The number of nitrogens with two attached hydrogens (primary N) is 1. The molecule has 3 amide bonds. The fourth-order valence-corrected chi connectivity index (χ4v) is 7.20. The van der Waals surface area contributed by atoms with Gasteiger partial charge in [0.15, 0.2) is 0 Å². The number of carboxylic acid groups (broad SMARTS) is 1. The van der Waals surface area contributed by atoms with E-state index in [4.69, 9.17) is 20.4 Å². The molecule has 2 atom stereocenters. The van der Waals surface area contributed by atoms with Crippen molar-refractivity contribution in [2.45, 2.75) is 88.9 Å². The maximum absolute atomic E-state index is 14.0. The van der Waals surface area contributed by atoms with Crippen molar-refractivity contribution in [3.8, 4) is 23.3 Å². The summed E-state index contributed by atoms with van der Waals surface area (Å²) < 4.78 is 37.6. The lowest BCUT2D eigenvalue weighted by Crippen LogP contribution is -2.53. The van der Waals surface area contributed by atoms with Crippen LogP contribution in [0.5, 0.6) is 0 Å². The zero-order valence-electron chi connectivity index (χ0n) is 32.1. The van der Waals surface area contributed by atoms with Crippen molar-refractivity contribution in [2.24, 2.45) is 11.7 Å². The normalized spacial score (nSPS) is 14.4. The van der Waals surface area contributed by atoms with E-state index in [9.17, 15) is 38.1 Å². The van der Waals surface area contributed by atoms with Crippen molar-refractivity contribution in [3.63, 3.8) is 0 Å². The Morgan fingerprint density at radius 1 is 0.862 bits per heavy atom. The maximum Gasteiger partial charge on any atom is 0.490 e. The van der Waals surface area contributed by atoms with E-state index in [1.165, 1.54) is 0 Å². The van der Waals surface area contributed by atoms with Gasteiger partial charge in [-0.2, -0.15) is 23.7 Å². The predicted molar refractivity (Wildman–Crippen MR) is 211 cm³/mol. The molecule has 0 unspecified atom stereocenters. The van der Waals surface area contributed by atoms with Gasteiger partial charge >= 0.3 is 18.2 Å². The minimum atomic E-state index is -5.08. The van der Waals surface area contributed by atoms with E-state index in [1.807, 2.05) is 36.4 Å². The number of alkyl halides is 3. The number of carbonyl (C=O) groups is 4. The van der Waals surface area contributed by atoms with Crippen molar-refractivity contribution < 1.29 is 42.2 Å². The number of nitrogens with zero attached hydrogens (tertiary/aromatic N) is 2. The summed E-state index contributed by atoms with van der Waals surface area (Å²) in [7, 11) is 0. The number of hydrogen-bond acceptors (Lipinski definition) is 8. The fraction of sp³-hybridized carbons (Fsp3) is 0.395. The number of alkyl carbamates (subject to hydrolysis) is 1. The van der Waals surface area contributed by atoms with Crippen LogP contribution in [0.2, 0.25) is 0 Å². The third-order valence-electron chi connectivity index (χ3n) is 10.2. The molecule has 58 heavy (non-hydrogen) atoms.